The van der Waals surface area contributed by atoms with Crippen molar-refractivity contribution < 1.29 is 44.7 Å². The molecular weight excluding hydrogens is 536 g/mol. The van der Waals surface area contributed by atoms with Gasteiger partial charge in [-0.05, 0) is 43.4 Å². The third-order valence-corrected chi connectivity index (χ3v) is 7.15. The number of likely N-dealkylation sites (tertiary alicyclic amines) is 1. The Hall–Kier alpha value is -3.07. The van der Waals surface area contributed by atoms with E-state index in [1.165, 1.54) is 6.07 Å². The van der Waals surface area contributed by atoms with E-state index in [4.69, 9.17) is 42.5 Å². The number of nitrogens with zero attached hydrogens (tertiary/aromatic N) is 2. The number of rotatable bonds is 8. The number of nitrogen functional groups attached to an aromatic ring is 1. The van der Waals surface area contributed by atoms with Crippen LogP contribution >= 0.6 is 11.6 Å². The fourth-order valence-electron chi connectivity index (χ4n) is 4.44. The number of aliphatic hydroxyl groups is 3. The molecule has 14 heteroatoms. The van der Waals surface area contributed by atoms with Gasteiger partial charge in [-0.15, -0.1) is 0 Å². The molecule has 0 aliphatic carbocycles. The number of amides is 1. The van der Waals surface area contributed by atoms with Gasteiger partial charge in [0.15, 0.2) is 12.2 Å². The predicted octanol–water partition coefficient (Wildman–Crippen LogP) is -0.0590. The number of nitrogens with two attached hydrogens (primary N) is 1. The molecule has 1 aromatic heterocycles. The van der Waals surface area contributed by atoms with E-state index < -0.39 is 29.7 Å². The van der Waals surface area contributed by atoms with Crippen molar-refractivity contribution in [1.29, 1.82) is 0 Å². The number of ether oxygens (including phenoxy) is 1. The summed E-state index contributed by atoms with van der Waals surface area (Å²) in [5, 5.41) is 47.3. The molecule has 2 aliphatic heterocycles. The molecule has 214 valence electrons. The zero-order valence-corrected chi connectivity index (χ0v) is 21.9. The molecule has 2 aliphatic rings. The lowest BCUT2D eigenvalue weighted by Crippen LogP contribution is -2.51. The quantitative estimate of drug-likeness (QED) is 0.208. The largest absolute Gasteiger partial charge is 0.479 e. The van der Waals surface area contributed by atoms with Gasteiger partial charge in [-0.3, -0.25) is 9.78 Å². The highest BCUT2D eigenvalue weighted by atomic mass is 35.5. The van der Waals surface area contributed by atoms with Gasteiger partial charge in [0.2, 0.25) is 0 Å². The van der Waals surface area contributed by atoms with Crippen LogP contribution in [0.3, 0.4) is 0 Å². The maximum absolute atomic E-state index is 12.8. The second-order valence-corrected chi connectivity index (χ2v) is 10.1. The van der Waals surface area contributed by atoms with E-state index in [0.29, 0.717) is 45.9 Å². The summed E-state index contributed by atoms with van der Waals surface area (Å²) in [6, 6.07) is 5.09. The maximum atomic E-state index is 12.8. The van der Waals surface area contributed by atoms with Crippen LogP contribution in [0.5, 0.6) is 0 Å². The molecule has 2 aromatic rings. The van der Waals surface area contributed by atoms with Crippen LogP contribution < -0.4 is 11.1 Å². The molecule has 3 heterocycles. The molecule has 0 saturated carbocycles. The summed E-state index contributed by atoms with van der Waals surface area (Å²) in [6.07, 6.45) is -0.548. The zero-order chi connectivity index (χ0) is 28.7. The van der Waals surface area contributed by atoms with Crippen molar-refractivity contribution in [3.8, 4) is 0 Å². The number of anilines is 1. The molecular formula is C25H33ClN4O9. The SMILES string of the molecule is Nc1c(Cl)cc(C(=O)NCC2(O)CCN(CC3CCOC3)CC2)c2ncccc12.O=C(O)C(O)C(O)C(=O)O. The van der Waals surface area contributed by atoms with Crippen LogP contribution in [0.4, 0.5) is 5.69 Å². The topological polar surface area (TPSA) is 216 Å². The average Bonchev–Trinajstić information content (AvgIpc) is 3.43. The number of aliphatic carboxylic acids is 2. The maximum Gasteiger partial charge on any atom is 0.335 e. The Labute approximate surface area is 229 Å². The first-order valence-electron chi connectivity index (χ1n) is 12.4. The molecule has 1 amide bonds. The van der Waals surface area contributed by atoms with Crippen molar-refractivity contribution in [1.82, 2.24) is 15.2 Å². The van der Waals surface area contributed by atoms with Gasteiger partial charge in [-0.2, -0.15) is 0 Å². The van der Waals surface area contributed by atoms with Gasteiger partial charge in [0.1, 0.15) is 0 Å². The first kappa shape index (κ1) is 30.5. The van der Waals surface area contributed by atoms with Gasteiger partial charge in [0.05, 0.1) is 34.0 Å². The summed E-state index contributed by atoms with van der Waals surface area (Å²) >= 11 is 6.20. The number of piperidine rings is 1. The minimum Gasteiger partial charge on any atom is -0.479 e. The molecule has 0 spiro atoms. The Balaban J connectivity index is 0.000000360. The van der Waals surface area contributed by atoms with Gasteiger partial charge < -0.3 is 46.2 Å². The number of carboxylic acid groups (broad SMARTS) is 2. The molecule has 0 radical (unpaired) electrons. The van der Waals surface area contributed by atoms with Crippen molar-refractivity contribution in [2.45, 2.75) is 37.1 Å². The Bertz CT molecular complexity index is 1170. The zero-order valence-electron chi connectivity index (χ0n) is 21.1. The van der Waals surface area contributed by atoms with Crippen LogP contribution in [-0.4, -0.2) is 110 Å². The van der Waals surface area contributed by atoms with Crippen LogP contribution in [0.1, 0.15) is 29.6 Å². The van der Waals surface area contributed by atoms with Gasteiger partial charge in [-0.1, -0.05) is 11.6 Å². The first-order valence-corrected chi connectivity index (χ1v) is 12.7. The van der Waals surface area contributed by atoms with Crippen molar-refractivity contribution in [2.75, 3.05) is 45.1 Å². The van der Waals surface area contributed by atoms with E-state index in [1.54, 1.807) is 18.3 Å². The molecule has 39 heavy (non-hydrogen) atoms. The van der Waals surface area contributed by atoms with Crippen LogP contribution in [0.2, 0.25) is 5.02 Å². The highest BCUT2D eigenvalue weighted by Gasteiger charge is 2.34. The average molecular weight is 569 g/mol. The number of pyridine rings is 1. The number of carbonyl (C=O) groups is 3. The minimum atomic E-state index is -2.27. The number of halogens is 1. The third-order valence-electron chi connectivity index (χ3n) is 6.84. The van der Waals surface area contributed by atoms with E-state index in [-0.39, 0.29) is 12.5 Å². The van der Waals surface area contributed by atoms with Crippen molar-refractivity contribution in [3.05, 3.63) is 35.0 Å². The molecule has 4 rings (SSSR count). The van der Waals surface area contributed by atoms with Crippen molar-refractivity contribution in [2.24, 2.45) is 5.92 Å². The number of aromatic nitrogens is 1. The van der Waals surface area contributed by atoms with Crippen LogP contribution in [0.25, 0.3) is 10.9 Å². The summed E-state index contributed by atoms with van der Waals surface area (Å²) in [4.78, 5) is 39.0. The second-order valence-electron chi connectivity index (χ2n) is 9.72. The van der Waals surface area contributed by atoms with E-state index in [0.717, 1.165) is 39.3 Å². The normalized spacial score (nSPS) is 20.5. The number of hydrogen-bond acceptors (Lipinski definition) is 10. The molecule has 3 unspecified atom stereocenters. The molecule has 13 nitrogen and oxygen atoms in total. The predicted molar refractivity (Wildman–Crippen MR) is 140 cm³/mol. The number of carboxylic acids is 2. The summed E-state index contributed by atoms with van der Waals surface area (Å²) in [7, 11) is 0. The van der Waals surface area contributed by atoms with Crippen LogP contribution in [-0.2, 0) is 14.3 Å². The first-order chi connectivity index (χ1) is 18.4. The molecule has 0 bridgehead atoms. The van der Waals surface area contributed by atoms with E-state index in [2.05, 4.69) is 15.2 Å². The summed E-state index contributed by atoms with van der Waals surface area (Å²) in [5.41, 5.74) is 6.39. The Morgan fingerprint density at radius 1 is 1.21 bits per heavy atom. The molecule has 1 aromatic carbocycles. The summed E-state index contributed by atoms with van der Waals surface area (Å²) in [5.74, 6) is -3.25. The number of fused-ring (bicyclic) bond motifs is 1. The Morgan fingerprint density at radius 3 is 2.41 bits per heavy atom. The van der Waals surface area contributed by atoms with Crippen molar-refractivity contribution in [3.63, 3.8) is 0 Å². The van der Waals surface area contributed by atoms with Gasteiger partial charge in [0, 0.05) is 44.4 Å². The monoisotopic (exact) mass is 568 g/mol. The van der Waals surface area contributed by atoms with Crippen molar-refractivity contribution >= 4 is 46.0 Å². The van der Waals surface area contributed by atoms with Crippen LogP contribution in [0.15, 0.2) is 24.4 Å². The Kier molecular flexibility index (Phi) is 10.4. The smallest absolute Gasteiger partial charge is 0.335 e. The van der Waals surface area contributed by atoms with E-state index in [9.17, 15) is 19.5 Å². The lowest BCUT2D eigenvalue weighted by molar-refractivity contribution is -0.165. The fourth-order valence-corrected chi connectivity index (χ4v) is 4.65. The fraction of sp³-hybridized carbons (Fsp3) is 0.520. The van der Waals surface area contributed by atoms with E-state index in [1.807, 2.05) is 0 Å². The third kappa shape index (κ3) is 7.97. The van der Waals surface area contributed by atoms with Gasteiger partial charge >= 0.3 is 11.9 Å². The van der Waals surface area contributed by atoms with Gasteiger partial charge in [-0.25, -0.2) is 9.59 Å². The molecule has 3 atom stereocenters. The highest BCUT2D eigenvalue weighted by molar-refractivity contribution is 6.35. The summed E-state index contributed by atoms with van der Waals surface area (Å²) in [6.45, 7) is 4.55. The lowest BCUT2D eigenvalue weighted by atomic mass is 9.90. The number of aliphatic hydroxyl groups excluding tert-OH is 2. The minimum absolute atomic E-state index is 0.197. The lowest BCUT2D eigenvalue weighted by Gasteiger charge is -2.39. The second kappa shape index (κ2) is 13.3. The molecule has 2 fully saturated rings. The molecule has 2 saturated heterocycles. The number of nitrogens with one attached hydrogen (secondary N) is 1. The van der Waals surface area contributed by atoms with Gasteiger partial charge in [0.25, 0.3) is 5.91 Å². The number of carbonyl (C=O) groups excluding carboxylic acids is 1. The number of hydrogen-bond donors (Lipinski definition) is 7. The number of benzene rings is 1. The standard InChI is InChI=1S/C21H27ClN4O3.C4H6O6/c22-17-10-16(19-15(18(17)23)2-1-6-24-19)20(27)25-13-21(28)4-7-26(8-5-21)11-14-3-9-29-12-14;5-1(3(7)8)2(6)4(9)10/h1-2,6,10,14,28H,3-5,7-9,11-13,23H2,(H,25,27);1-2,5-6H,(H,7,8)(H,9,10). The van der Waals surface area contributed by atoms with Crippen LogP contribution in [0, 0.1) is 5.92 Å². The highest BCUT2D eigenvalue weighted by Crippen LogP contribution is 2.30. The molecule has 8 N–H and O–H groups in total. The van der Waals surface area contributed by atoms with E-state index >= 15 is 0 Å². The summed E-state index contributed by atoms with van der Waals surface area (Å²) < 4.78 is 5.45. The Morgan fingerprint density at radius 2 is 1.85 bits per heavy atom.